The number of H-pyrrole nitrogens is 1. The predicted octanol–water partition coefficient (Wildman–Crippen LogP) is 2.11. The summed E-state index contributed by atoms with van der Waals surface area (Å²) in [4.78, 5) is 7.57. The Morgan fingerprint density at radius 3 is 2.46 bits per heavy atom. The first-order valence-electron chi connectivity index (χ1n) is 9.96. The molecule has 0 saturated heterocycles. The predicted molar refractivity (Wildman–Crippen MR) is 117 cm³/mol. The smallest absolute Gasteiger partial charge is 0.215 e. The van der Waals surface area contributed by atoms with Crippen LogP contribution in [0, 0.1) is 0 Å². The third-order valence-electron chi connectivity index (χ3n) is 4.93. The molecule has 0 bridgehead atoms. The van der Waals surface area contributed by atoms with Crippen LogP contribution in [0.1, 0.15) is 31.9 Å². The highest BCUT2D eigenvalue weighted by Gasteiger charge is 2.18. The van der Waals surface area contributed by atoms with Gasteiger partial charge in [-0.2, -0.15) is 0 Å². The van der Waals surface area contributed by atoms with E-state index in [1.165, 1.54) is 26.3 Å². The Bertz CT molecular complexity index is 885. The minimum Gasteiger partial charge on any atom is -0.361 e. The summed E-state index contributed by atoms with van der Waals surface area (Å²) in [6, 6.07) is 6.40. The van der Waals surface area contributed by atoms with Crippen LogP contribution in [0.4, 0.5) is 0 Å². The SMILES string of the molecule is CCc1cccc2c(CCNC(=NC)NCCS(=O)(=O)N(CC)CC)c[nH]c12. The van der Waals surface area contributed by atoms with Gasteiger partial charge >= 0.3 is 0 Å². The number of rotatable bonds is 10. The van der Waals surface area contributed by atoms with Gasteiger partial charge in [-0.05, 0) is 24.0 Å². The number of aliphatic imine (C=N–C) groups is 1. The Morgan fingerprint density at radius 2 is 1.82 bits per heavy atom. The maximum Gasteiger partial charge on any atom is 0.215 e. The van der Waals surface area contributed by atoms with Crippen LogP contribution < -0.4 is 10.6 Å². The lowest BCUT2D eigenvalue weighted by Crippen LogP contribution is -2.42. The molecule has 0 radical (unpaired) electrons. The second kappa shape index (κ2) is 10.5. The molecule has 0 aliphatic carbocycles. The van der Waals surface area contributed by atoms with Crippen LogP contribution in [0.3, 0.4) is 0 Å². The molecule has 8 heteroatoms. The van der Waals surface area contributed by atoms with Gasteiger partial charge in [0, 0.05) is 50.3 Å². The molecule has 2 aromatic rings. The Hall–Kier alpha value is -2.06. The van der Waals surface area contributed by atoms with Crippen molar-refractivity contribution in [2.75, 3.05) is 39.0 Å². The molecule has 0 saturated carbocycles. The molecule has 28 heavy (non-hydrogen) atoms. The van der Waals surface area contributed by atoms with Crippen LogP contribution in [-0.2, 0) is 22.9 Å². The summed E-state index contributed by atoms with van der Waals surface area (Å²) >= 11 is 0. The van der Waals surface area contributed by atoms with Crippen LogP contribution in [0.2, 0.25) is 0 Å². The van der Waals surface area contributed by atoms with Gasteiger partial charge in [-0.3, -0.25) is 4.99 Å². The number of aromatic nitrogens is 1. The van der Waals surface area contributed by atoms with Crippen LogP contribution in [0.5, 0.6) is 0 Å². The lowest BCUT2D eigenvalue weighted by atomic mass is 10.1. The minimum atomic E-state index is -3.23. The molecule has 0 amide bonds. The van der Waals surface area contributed by atoms with E-state index in [2.05, 4.69) is 51.9 Å². The number of guanidine groups is 1. The summed E-state index contributed by atoms with van der Waals surface area (Å²) in [5.74, 6) is 0.668. The lowest BCUT2D eigenvalue weighted by molar-refractivity contribution is 0.445. The van der Waals surface area contributed by atoms with Gasteiger partial charge in [0.2, 0.25) is 10.0 Å². The highest BCUT2D eigenvalue weighted by Crippen LogP contribution is 2.22. The van der Waals surface area contributed by atoms with Crippen molar-refractivity contribution in [2.24, 2.45) is 4.99 Å². The molecule has 0 spiro atoms. The highest BCUT2D eigenvalue weighted by atomic mass is 32.2. The second-order valence-corrected chi connectivity index (χ2v) is 8.67. The number of nitrogens with one attached hydrogen (secondary N) is 3. The van der Waals surface area contributed by atoms with E-state index in [1.54, 1.807) is 7.05 Å². The Balaban J connectivity index is 1.85. The van der Waals surface area contributed by atoms with Crippen molar-refractivity contribution in [3.05, 3.63) is 35.5 Å². The first kappa shape index (κ1) is 22.2. The van der Waals surface area contributed by atoms with E-state index in [1.807, 2.05) is 13.8 Å². The van der Waals surface area contributed by atoms with E-state index in [0.29, 0.717) is 32.1 Å². The van der Waals surface area contributed by atoms with Gasteiger partial charge in [-0.1, -0.05) is 39.0 Å². The Kier molecular flexibility index (Phi) is 8.32. The monoisotopic (exact) mass is 407 g/mol. The molecule has 3 N–H and O–H groups in total. The Morgan fingerprint density at radius 1 is 1.11 bits per heavy atom. The van der Waals surface area contributed by atoms with Crippen molar-refractivity contribution >= 4 is 26.9 Å². The first-order valence-corrected chi connectivity index (χ1v) is 11.6. The van der Waals surface area contributed by atoms with E-state index in [4.69, 9.17) is 0 Å². The molecule has 0 aliphatic rings. The normalized spacial score (nSPS) is 12.7. The standard InChI is InChI=1S/C20H33N5O2S/c1-5-16-9-8-10-18-17(15-24-19(16)18)11-12-22-20(21-4)23-13-14-28(26,27)25(6-2)7-3/h8-10,15,24H,5-7,11-14H2,1-4H3,(H2,21,22,23). The molecule has 1 aromatic carbocycles. The van der Waals surface area contributed by atoms with Crippen molar-refractivity contribution in [3.8, 4) is 0 Å². The maximum atomic E-state index is 12.2. The topological polar surface area (TPSA) is 89.6 Å². The average molecular weight is 408 g/mol. The van der Waals surface area contributed by atoms with Gasteiger partial charge in [0.1, 0.15) is 0 Å². The van der Waals surface area contributed by atoms with Gasteiger partial charge in [-0.15, -0.1) is 0 Å². The van der Waals surface area contributed by atoms with Gasteiger partial charge in [0.05, 0.1) is 5.75 Å². The largest absolute Gasteiger partial charge is 0.361 e. The number of fused-ring (bicyclic) bond motifs is 1. The molecule has 156 valence electrons. The third-order valence-corrected chi connectivity index (χ3v) is 6.95. The molecule has 2 rings (SSSR count). The fourth-order valence-electron chi connectivity index (χ4n) is 3.36. The number of benzene rings is 1. The quantitative estimate of drug-likeness (QED) is 0.416. The van der Waals surface area contributed by atoms with E-state index >= 15 is 0 Å². The van der Waals surface area contributed by atoms with Gasteiger partial charge in [0.25, 0.3) is 0 Å². The molecular weight excluding hydrogens is 374 g/mol. The van der Waals surface area contributed by atoms with Crippen LogP contribution in [0.25, 0.3) is 10.9 Å². The van der Waals surface area contributed by atoms with Crippen molar-refractivity contribution < 1.29 is 8.42 Å². The fourth-order valence-corrected chi connectivity index (χ4v) is 4.76. The van der Waals surface area contributed by atoms with Crippen LogP contribution >= 0.6 is 0 Å². The van der Waals surface area contributed by atoms with Crippen molar-refractivity contribution in [3.63, 3.8) is 0 Å². The zero-order valence-electron chi connectivity index (χ0n) is 17.4. The molecule has 1 aromatic heterocycles. The van der Waals surface area contributed by atoms with Crippen molar-refractivity contribution in [2.45, 2.75) is 33.6 Å². The van der Waals surface area contributed by atoms with Gasteiger partial charge < -0.3 is 15.6 Å². The number of hydrogen-bond donors (Lipinski definition) is 3. The lowest BCUT2D eigenvalue weighted by Gasteiger charge is -2.19. The molecule has 1 heterocycles. The minimum absolute atomic E-state index is 0.0532. The average Bonchev–Trinajstić information content (AvgIpc) is 3.10. The number of nitrogens with zero attached hydrogens (tertiary/aromatic N) is 2. The van der Waals surface area contributed by atoms with Gasteiger partial charge in [-0.25, -0.2) is 12.7 Å². The Labute approximate surface area is 168 Å². The first-order chi connectivity index (χ1) is 13.5. The summed E-state index contributed by atoms with van der Waals surface area (Å²) in [6.45, 7) is 7.89. The molecular formula is C20H33N5O2S. The maximum absolute atomic E-state index is 12.2. The number of para-hydroxylation sites is 1. The second-order valence-electron chi connectivity index (χ2n) is 6.58. The van der Waals surface area contributed by atoms with E-state index in [0.717, 1.165) is 12.8 Å². The molecule has 0 unspecified atom stereocenters. The van der Waals surface area contributed by atoms with E-state index < -0.39 is 10.0 Å². The summed E-state index contributed by atoms with van der Waals surface area (Å²) in [7, 11) is -1.54. The van der Waals surface area contributed by atoms with Crippen molar-refractivity contribution in [1.29, 1.82) is 0 Å². The third kappa shape index (κ3) is 5.48. The van der Waals surface area contributed by atoms with Gasteiger partial charge in [0.15, 0.2) is 5.96 Å². The summed E-state index contributed by atoms with van der Waals surface area (Å²) < 4.78 is 25.9. The highest BCUT2D eigenvalue weighted by molar-refractivity contribution is 7.89. The molecule has 0 aliphatic heterocycles. The number of aryl methyl sites for hydroxylation is 1. The summed E-state index contributed by atoms with van der Waals surface area (Å²) in [5, 5.41) is 7.61. The van der Waals surface area contributed by atoms with E-state index in [-0.39, 0.29) is 5.75 Å². The molecule has 0 fully saturated rings. The van der Waals surface area contributed by atoms with E-state index in [9.17, 15) is 8.42 Å². The number of sulfonamides is 1. The zero-order chi connectivity index (χ0) is 20.6. The zero-order valence-corrected chi connectivity index (χ0v) is 18.2. The fraction of sp³-hybridized carbons (Fsp3) is 0.550. The van der Waals surface area contributed by atoms with Crippen LogP contribution in [-0.4, -0.2) is 62.6 Å². The summed E-state index contributed by atoms with van der Waals surface area (Å²) in [6.07, 6.45) is 3.92. The summed E-state index contributed by atoms with van der Waals surface area (Å²) in [5.41, 5.74) is 3.80. The van der Waals surface area contributed by atoms with Crippen molar-refractivity contribution in [1.82, 2.24) is 19.9 Å². The van der Waals surface area contributed by atoms with Crippen LogP contribution in [0.15, 0.2) is 29.4 Å². The number of aromatic amines is 1. The number of hydrogen-bond acceptors (Lipinski definition) is 3. The molecule has 0 atom stereocenters. The molecule has 7 nitrogen and oxygen atoms in total.